The van der Waals surface area contributed by atoms with E-state index < -0.39 is 11.4 Å². The summed E-state index contributed by atoms with van der Waals surface area (Å²) in [6, 6.07) is 7.81. The summed E-state index contributed by atoms with van der Waals surface area (Å²) in [5.41, 5.74) is 0.226. The molecular formula is C24H30BrN5O3. The minimum atomic E-state index is -1.03. The van der Waals surface area contributed by atoms with Gasteiger partial charge in [0.1, 0.15) is 11.2 Å². The molecule has 2 N–H and O–H groups in total. The number of amides is 3. The molecule has 1 aliphatic carbocycles. The first-order valence-electron chi connectivity index (χ1n) is 11.5. The van der Waals surface area contributed by atoms with Gasteiger partial charge in [-0.2, -0.15) is 0 Å². The molecule has 9 heteroatoms. The first-order chi connectivity index (χ1) is 15.8. The zero-order valence-corrected chi connectivity index (χ0v) is 20.7. The highest BCUT2D eigenvalue weighted by Crippen LogP contribution is 2.30. The Morgan fingerprint density at radius 3 is 2.73 bits per heavy atom. The normalized spacial score (nSPS) is 20.6. The molecule has 1 saturated carbocycles. The Morgan fingerprint density at radius 1 is 1.27 bits per heavy atom. The number of benzene rings is 1. The number of imidazole rings is 1. The number of carbonyl (C=O) groups is 3. The van der Waals surface area contributed by atoms with Crippen molar-refractivity contribution in [2.45, 2.75) is 70.6 Å². The van der Waals surface area contributed by atoms with E-state index >= 15 is 0 Å². The van der Waals surface area contributed by atoms with Crippen molar-refractivity contribution in [2.75, 3.05) is 6.54 Å². The molecule has 33 heavy (non-hydrogen) atoms. The summed E-state index contributed by atoms with van der Waals surface area (Å²) in [7, 11) is 0. The van der Waals surface area contributed by atoms with Crippen LogP contribution in [0.15, 0.2) is 35.1 Å². The first kappa shape index (κ1) is 23.5. The number of halogens is 1. The lowest BCUT2D eigenvalue weighted by molar-refractivity contribution is -0.133. The van der Waals surface area contributed by atoms with Gasteiger partial charge in [-0.3, -0.25) is 14.4 Å². The average molecular weight is 516 g/mol. The van der Waals surface area contributed by atoms with Gasteiger partial charge in [-0.15, -0.1) is 0 Å². The summed E-state index contributed by atoms with van der Waals surface area (Å²) in [5, 5.41) is 6.00. The molecule has 3 amide bonds. The van der Waals surface area contributed by atoms with Crippen molar-refractivity contribution in [3.63, 3.8) is 0 Å². The van der Waals surface area contributed by atoms with Gasteiger partial charge in [-0.05, 0) is 43.9 Å². The van der Waals surface area contributed by atoms with Crippen LogP contribution in [-0.4, -0.2) is 50.3 Å². The molecule has 2 heterocycles. The van der Waals surface area contributed by atoms with Crippen LogP contribution in [0.1, 0.15) is 72.5 Å². The van der Waals surface area contributed by atoms with E-state index in [4.69, 9.17) is 0 Å². The second-order valence-electron chi connectivity index (χ2n) is 9.07. The lowest BCUT2D eigenvalue weighted by Crippen LogP contribution is -2.65. The summed E-state index contributed by atoms with van der Waals surface area (Å²) >= 11 is 3.42. The van der Waals surface area contributed by atoms with Gasteiger partial charge in [0.2, 0.25) is 5.91 Å². The summed E-state index contributed by atoms with van der Waals surface area (Å²) in [5.74, 6) is -0.888. The molecule has 2 aliphatic rings. The first-order valence-corrected chi connectivity index (χ1v) is 12.3. The third kappa shape index (κ3) is 4.69. The van der Waals surface area contributed by atoms with Crippen molar-refractivity contribution >= 4 is 33.7 Å². The van der Waals surface area contributed by atoms with Gasteiger partial charge in [-0.1, -0.05) is 47.8 Å². The van der Waals surface area contributed by atoms with Crippen LogP contribution in [-0.2, 0) is 17.9 Å². The molecule has 0 saturated heterocycles. The van der Waals surface area contributed by atoms with E-state index in [1.165, 1.54) is 6.33 Å². The van der Waals surface area contributed by atoms with E-state index in [2.05, 4.69) is 31.5 Å². The Labute approximate surface area is 202 Å². The number of aromatic nitrogens is 2. The smallest absolute Gasteiger partial charge is 0.273 e. The zero-order valence-electron chi connectivity index (χ0n) is 19.1. The number of fused-ring (bicyclic) bond motifs is 1. The summed E-state index contributed by atoms with van der Waals surface area (Å²) < 4.78 is 2.57. The summed E-state index contributed by atoms with van der Waals surface area (Å²) in [6.45, 7) is 4.79. The molecule has 4 rings (SSSR count). The molecule has 0 radical (unpaired) electrons. The molecule has 176 valence electrons. The molecular weight excluding hydrogens is 486 g/mol. The Kier molecular flexibility index (Phi) is 6.88. The predicted octanol–water partition coefficient (Wildman–Crippen LogP) is 3.26. The van der Waals surface area contributed by atoms with Gasteiger partial charge in [-0.25, -0.2) is 4.98 Å². The fraction of sp³-hybridized carbons (Fsp3) is 0.500. The minimum absolute atomic E-state index is 0.0920. The lowest BCUT2D eigenvalue weighted by Gasteiger charge is -2.44. The van der Waals surface area contributed by atoms with E-state index in [0.717, 1.165) is 35.7 Å². The average Bonchev–Trinajstić information content (AvgIpc) is 3.45. The van der Waals surface area contributed by atoms with Gasteiger partial charge in [0.25, 0.3) is 11.8 Å². The molecule has 1 aliphatic heterocycles. The SMILES string of the molecule is CCCN1C(=O)c2c(C(=O)NCc3cccc(Br)c3)ncn2C[C@]1(C)C(=O)NC1CCCC1. The Hall–Kier alpha value is -2.68. The number of hydrogen-bond acceptors (Lipinski definition) is 4. The van der Waals surface area contributed by atoms with Crippen LogP contribution < -0.4 is 10.6 Å². The highest BCUT2D eigenvalue weighted by molar-refractivity contribution is 9.10. The minimum Gasteiger partial charge on any atom is -0.351 e. The third-order valence-corrected chi connectivity index (χ3v) is 7.04. The lowest BCUT2D eigenvalue weighted by atomic mass is 9.93. The van der Waals surface area contributed by atoms with Gasteiger partial charge < -0.3 is 20.1 Å². The van der Waals surface area contributed by atoms with Crippen LogP contribution in [0, 0.1) is 0 Å². The highest BCUT2D eigenvalue weighted by atomic mass is 79.9. The van der Waals surface area contributed by atoms with Gasteiger partial charge in [0.05, 0.1) is 12.9 Å². The number of nitrogens with zero attached hydrogens (tertiary/aromatic N) is 3. The molecule has 1 atom stereocenters. The van der Waals surface area contributed by atoms with Crippen molar-refractivity contribution in [3.05, 3.63) is 52.0 Å². The van der Waals surface area contributed by atoms with Crippen LogP contribution in [0.25, 0.3) is 0 Å². The number of nitrogens with one attached hydrogen (secondary N) is 2. The van der Waals surface area contributed by atoms with E-state index in [9.17, 15) is 14.4 Å². The Balaban J connectivity index is 1.56. The third-order valence-electron chi connectivity index (χ3n) is 6.54. The van der Waals surface area contributed by atoms with E-state index in [-0.39, 0.29) is 35.8 Å². The zero-order chi connectivity index (χ0) is 23.6. The maximum atomic E-state index is 13.6. The van der Waals surface area contributed by atoms with Crippen LogP contribution >= 0.6 is 15.9 Å². The fourth-order valence-electron chi connectivity index (χ4n) is 4.75. The number of rotatable bonds is 7. The predicted molar refractivity (Wildman–Crippen MR) is 128 cm³/mol. The quantitative estimate of drug-likeness (QED) is 0.591. The van der Waals surface area contributed by atoms with E-state index in [1.54, 1.807) is 16.4 Å². The van der Waals surface area contributed by atoms with E-state index in [0.29, 0.717) is 19.5 Å². The summed E-state index contributed by atoms with van der Waals surface area (Å²) in [6.07, 6.45) is 6.37. The van der Waals surface area contributed by atoms with Gasteiger partial charge in [0.15, 0.2) is 5.69 Å². The molecule has 0 spiro atoms. The molecule has 1 aromatic heterocycles. The number of hydrogen-bond donors (Lipinski definition) is 2. The topological polar surface area (TPSA) is 96.3 Å². The van der Waals surface area contributed by atoms with Crippen LogP contribution in [0.2, 0.25) is 0 Å². The maximum absolute atomic E-state index is 13.6. The maximum Gasteiger partial charge on any atom is 0.273 e. The van der Waals surface area contributed by atoms with Crippen molar-refractivity contribution < 1.29 is 14.4 Å². The molecule has 8 nitrogen and oxygen atoms in total. The standard InChI is InChI=1S/C24H30BrN5O3/c1-3-11-30-22(32)20-19(21(31)26-13-16-7-6-8-17(25)12-16)27-15-29(20)14-24(30,2)23(33)28-18-9-4-5-10-18/h6-8,12,15,18H,3-5,9-11,13-14H2,1-2H3,(H,26,31)(H,28,33)/t24-/m1/s1. The second kappa shape index (κ2) is 9.67. The van der Waals surface area contributed by atoms with Gasteiger partial charge in [0, 0.05) is 23.6 Å². The molecule has 2 aromatic rings. The van der Waals surface area contributed by atoms with Gasteiger partial charge >= 0.3 is 0 Å². The molecule has 1 fully saturated rings. The van der Waals surface area contributed by atoms with Crippen molar-refractivity contribution in [2.24, 2.45) is 0 Å². The second-order valence-corrected chi connectivity index (χ2v) is 9.98. The largest absolute Gasteiger partial charge is 0.351 e. The van der Waals surface area contributed by atoms with Crippen molar-refractivity contribution in [3.8, 4) is 0 Å². The van der Waals surface area contributed by atoms with E-state index in [1.807, 2.05) is 31.2 Å². The van der Waals surface area contributed by atoms with Crippen molar-refractivity contribution in [1.29, 1.82) is 0 Å². The molecule has 1 aromatic carbocycles. The van der Waals surface area contributed by atoms with Crippen LogP contribution in [0.5, 0.6) is 0 Å². The Morgan fingerprint density at radius 2 is 2.03 bits per heavy atom. The fourth-order valence-corrected chi connectivity index (χ4v) is 5.20. The van der Waals surface area contributed by atoms with Crippen LogP contribution in [0.4, 0.5) is 0 Å². The van der Waals surface area contributed by atoms with Crippen molar-refractivity contribution in [1.82, 2.24) is 25.1 Å². The monoisotopic (exact) mass is 515 g/mol. The molecule has 0 bridgehead atoms. The summed E-state index contributed by atoms with van der Waals surface area (Å²) in [4.78, 5) is 45.7. The number of carbonyl (C=O) groups excluding carboxylic acids is 3. The van der Waals surface area contributed by atoms with Crippen LogP contribution in [0.3, 0.4) is 0 Å². The highest BCUT2D eigenvalue weighted by Gasteiger charge is 2.48. The molecule has 0 unspecified atom stereocenters. The Bertz CT molecular complexity index is 1060.